The fourth-order valence-corrected chi connectivity index (χ4v) is 3.13. The summed E-state index contributed by atoms with van der Waals surface area (Å²) in [5, 5.41) is 3.83. The lowest BCUT2D eigenvalue weighted by atomic mass is 10.2. The Morgan fingerprint density at radius 3 is 2.46 bits per heavy atom. The van der Waals surface area contributed by atoms with Crippen LogP contribution in [-0.4, -0.2) is 42.1 Å². The van der Waals surface area contributed by atoms with E-state index in [9.17, 15) is 9.18 Å². The number of amides is 1. The molecule has 0 bridgehead atoms. The molecule has 2 heterocycles. The smallest absolute Gasteiger partial charge is 0.292 e. The standard InChI is InChI=1S/C21H20FN3O3/c22-17-6-8-18(9-7-17)24-10-12-25(13-11-24)21(26)19-14-20(23-28-19)27-15-16-4-2-1-3-5-16/h1-9,14H,10-13,15H2. The molecule has 3 aromatic rings. The van der Waals surface area contributed by atoms with Gasteiger partial charge in [0.1, 0.15) is 12.4 Å². The lowest BCUT2D eigenvalue weighted by Gasteiger charge is -2.35. The fourth-order valence-electron chi connectivity index (χ4n) is 3.13. The van der Waals surface area contributed by atoms with Gasteiger partial charge in [-0.25, -0.2) is 4.39 Å². The van der Waals surface area contributed by atoms with E-state index in [1.807, 2.05) is 30.3 Å². The summed E-state index contributed by atoms with van der Waals surface area (Å²) < 4.78 is 23.8. The van der Waals surface area contributed by atoms with E-state index < -0.39 is 0 Å². The topological polar surface area (TPSA) is 58.8 Å². The van der Waals surface area contributed by atoms with Crippen LogP contribution < -0.4 is 9.64 Å². The summed E-state index contributed by atoms with van der Waals surface area (Å²) >= 11 is 0. The van der Waals surface area contributed by atoms with Crippen LogP contribution in [0, 0.1) is 5.82 Å². The fraction of sp³-hybridized carbons (Fsp3) is 0.238. The molecule has 0 atom stereocenters. The van der Waals surface area contributed by atoms with Crippen molar-refractivity contribution in [3.8, 4) is 5.88 Å². The number of benzene rings is 2. The quantitative estimate of drug-likeness (QED) is 0.678. The van der Waals surface area contributed by atoms with Crippen LogP contribution in [0.25, 0.3) is 0 Å². The Morgan fingerprint density at radius 2 is 1.75 bits per heavy atom. The third kappa shape index (κ3) is 4.14. The largest absolute Gasteiger partial charge is 0.471 e. The van der Waals surface area contributed by atoms with Crippen molar-refractivity contribution in [2.75, 3.05) is 31.1 Å². The molecule has 0 unspecified atom stereocenters. The molecule has 0 radical (unpaired) electrons. The van der Waals surface area contributed by atoms with E-state index in [4.69, 9.17) is 9.26 Å². The molecule has 144 valence electrons. The molecule has 2 aromatic carbocycles. The Balaban J connectivity index is 1.31. The lowest BCUT2D eigenvalue weighted by Crippen LogP contribution is -2.48. The van der Waals surface area contributed by atoms with Crippen LogP contribution in [0.1, 0.15) is 16.1 Å². The van der Waals surface area contributed by atoms with E-state index in [2.05, 4.69) is 10.1 Å². The SMILES string of the molecule is O=C(c1cc(OCc2ccccc2)no1)N1CCN(c2ccc(F)cc2)CC1. The Kier molecular flexibility index (Phi) is 5.23. The van der Waals surface area contributed by atoms with Crippen molar-refractivity contribution < 1.29 is 18.4 Å². The summed E-state index contributed by atoms with van der Waals surface area (Å²) in [7, 11) is 0. The van der Waals surface area contributed by atoms with Gasteiger partial charge in [0, 0.05) is 31.9 Å². The van der Waals surface area contributed by atoms with Gasteiger partial charge in [0.2, 0.25) is 5.76 Å². The van der Waals surface area contributed by atoms with Gasteiger partial charge in [-0.2, -0.15) is 0 Å². The minimum atomic E-state index is -0.256. The molecule has 1 amide bonds. The average Bonchev–Trinajstić information content (AvgIpc) is 3.22. The number of piperazine rings is 1. The van der Waals surface area contributed by atoms with Gasteiger partial charge in [-0.3, -0.25) is 4.79 Å². The van der Waals surface area contributed by atoms with Crippen LogP contribution in [-0.2, 0) is 6.61 Å². The van der Waals surface area contributed by atoms with Gasteiger partial charge in [0.05, 0.1) is 6.07 Å². The number of nitrogens with zero attached hydrogens (tertiary/aromatic N) is 3. The minimum absolute atomic E-state index is 0.165. The van der Waals surface area contributed by atoms with Gasteiger partial charge in [-0.05, 0) is 35.0 Å². The molecule has 0 aliphatic carbocycles. The zero-order valence-electron chi connectivity index (χ0n) is 15.3. The van der Waals surface area contributed by atoms with Crippen LogP contribution in [0.15, 0.2) is 65.2 Å². The maximum absolute atomic E-state index is 13.1. The van der Waals surface area contributed by atoms with E-state index in [-0.39, 0.29) is 23.4 Å². The van der Waals surface area contributed by atoms with Crippen molar-refractivity contribution >= 4 is 11.6 Å². The predicted octanol–water partition coefficient (Wildman–Crippen LogP) is 3.36. The molecule has 0 spiro atoms. The zero-order valence-corrected chi connectivity index (χ0v) is 15.3. The summed E-state index contributed by atoms with van der Waals surface area (Å²) in [6, 6.07) is 17.6. The van der Waals surface area contributed by atoms with E-state index >= 15 is 0 Å². The highest BCUT2D eigenvalue weighted by atomic mass is 19.1. The van der Waals surface area contributed by atoms with E-state index in [1.165, 1.54) is 18.2 Å². The van der Waals surface area contributed by atoms with Crippen LogP contribution in [0.3, 0.4) is 0 Å². The summed E-state index contributed by atoms with van der Waals surface area (Å²) in [5.41, 5.74) is 1.96. The van der Waals surface area contributed by atoms with Crippen molar-refractivity contribution in [3.05, 3.63) is 77.8 Å². The van der Waals surface area contributed by atoms with E-state index in [1.54, 1.807) is 17.0 Å². The Labute approximate surface area is 162 Å². The first-order valence-electron chi connectivity index (χ1n) is 9.12. The lowest BCUT2D eigenvalue weighted by molar-refractivity contribution is 0.0704. The van der Waals surface area contributed by atoms with Crippen LogP contribution >= 0.6 is 0 Å². The molecule has 1 aromatic heterocycles. The Morgan fingerprint density at radius 1 is 1.04 bits per heavy atom. The second-order valence-electron chi connectivity index (χ2n) is 6.56. The first-order chi connectivity index (χ1) is 13.7. The highest BCUT2D eigenvalue weighted by Crippen LogP contribution is 2.19. The Hall–Kier alpha value is -3.35. The number of ether oxygens (including phenoxy) is 1. The normalized spacial score (nSPS) is 14.2. The zero-order chi connectivity index (χ0) is 19.3. The highest BCUT2D eigenvalue weighted by Gasteiger charge is 2.25. The van der Waals surface area contributed by atoms with Crippen LogP contribution in [0.2, 0.25) is 0 Å². The third-order valence-electron chi connectivity index (χ3n) is 4.69. The average molecular weight is 381 g/mol. The molecule has 0 N–H and O–H groups in total. The van der Waals surface area contributed by atoms with E-state index in [0.717, 1.165) is 11.3 Å². The molecule has 1 fully saturated rings. The van der Waals surface area contributed by atoms with Gasteiger partial charge in [0.15, 0.2) is 0 Å². The monoisotopic (exact) mass is 381 g/mol. The maximum atomic E-state index is 13.1. The van der Waals surface area contributed by atoms with Crippen molar-refractivity contribution in [1.29, 1.82) is 0 Å². The summed E-state index contributed by atoms with van der Waals surface area (Å²) in [4.78, 5) is 16.5. The maximum Gasteiger partial charge on any atom is 0.292 e. The number of aromatic nitrogens is 1. The molecule has 1 aliphatic heterocycles. The molecule has 1 saturated heterocycles. The molecule has 0 saturated carbocycles. The second kappa shape index (κ2) is 8.12. The molecule has 6 nitrogen and oxygen atoms in total. The molecule has 7 heteroatoms. The minimum Gasteiger partial charge on any atom is -0.471 e. The molecule has 1 aliphatic rings. The molecule has 28 heavy (non-hydrogen) atoms. The number of carbonyl (C=O) groups is 1. The van der Waals surface area contributed by atoms with Crippen molar-refractivity contribution in [1.82, 2.24) is 10.1 Å². The number of anilines is 1. The van der Waals surface area contributed by atoms with Gasteiger partial charge in [-0.15, -0.1) is 0 Å². The molecule has 4 rings (SSSR count). The van der Waals surface area contributed by atoms with Gasteiger partial charge < -0.3 is 19.1 Å². The van der Waals surface area contributed by atoms with Gasteiger partial charge in [-0.1, -0.05) is 30.3 Å². The predicted molar refractivity (Wildman–Crippen MR) is 102 cm³/mol. The van der Waals surface area contributed by atoms with Crippen molar-refractivity contribution in [3.63, 3.8) is 0 Å². The Bertz CT molecular complexity index is 920. The van der Waals surface area contributed by atoms with Crippen LogP contribution in [0.5, 0.6) is 5.88 Å². The van der Waals surface area contributed by atoms with Crippen molar-refractivity contribution in [2.45, 2.75) is 6.61 Å². The molecular formula is C21H20FN3O3. The van der Waals surface area contributed by atoms with E-state index in [0.29, 0.717) is 32.8 Å². The van der Waals surface area contributed by atoms with Crippen molar-refractivity contribution in [2.24, 2.45) is 0 Å². The number of hydrogen-bond donors (Lipinski definition) is 0. The number of halogens is 1. The second-order valence-corrected chi connectivity index (χ2v) is 6.56. The summed E-state index contributed by atoms with van der Waals surface area (Å²) in [5.74, 6) is -0.00978. The first-order valence-corrected chi connectivity index (χ1v) is 9.12. The van der Waals surface area contributed by atoms with Gasteiger partial charge >= 0.3 is 0 Å². The van der Waals surface area contributed by atoms with Crippen LogP contribution in [0.4, 0.5) is 10.1 Å². The number of carbonyl (C=O) groups excluding carboxylic acids is 1. The number of rotatable bonds is 5. The number of hydrogen-bond acceptors (Lipinski definition) is 5. The highest BCUT2D eigenvalue weighted by molar-refractivity contribution is 5.91. The summed E-state index contributed by atoms with van der Waals surface area (Å²) in [6.45, 7) is 2.80. The first kappa shape index (κ1) is 18.0. The van der Waals surface area contributed by atoms with Gasteiger partial charge in [0.25, 0.3) is 11.8 Å². The summed E-state index contributed by atoms with van der Waals surface area (Å²) in [6.07, 6.45) is 0. The third-order valence-corrected chi connectivity index (χ3v) is 4.69. The molecular weight excluding hydrogens is 361 g/mol.